The second-order valence-electron chi connectivity index (χ2n) is 6.71. The standard InChI is InChI=1S/C20H18N4O3S2/c1-12-4-6-13(7-5-12)22-18-15(10-21)23-17(27-18)9-16-19(25)24(20(28)29-16)11-14-3-2-8-26-14/h4-7,9,14,25H,2-3,8,11H2,1H3/t14-/m0/s1. The Morgan fingerprint density at radius 2 is 2.24 bits per heavy atom. The molecule has 1 saturated heterocycles. The van der Waals surface area contributed by atoms with E-state index in [2.05, 4.69) is 9.98 Å². The molecule has 1 fully saturated rings. The van der Waals surface area contributed by atoms with E-state index in [0.29, 0.717) is 21.1 Å². The average molecular weight is 427 g/mol. The lowest BCUT2D eigenvalue weighted by molar-refractivity contribution is 0.0948. The zero-order valence-corrected chi connectivity index (χ0v) is 17.3. The van der Waals surface area contributed by atoms with Gasteiger partial charge in [0.05, 0.1) is 23.2 Å². The fourth-order valence-electron chi connectivity index (χ4n) is 3.05. The van der Waals surface area contributed by atoms with Gasteiger partial charge in [-0.3, -0.25) is 4.57 Å². The number of ether oxygens (including phenoxy) is 2. The molecule has 1 aromatic carbocycles. The van der Waals surface area contributed by atoms with Crippen LogP contribution in [0.2, 0.25) is 0 Å². The molecule has 29 heavy (non-hydrogen) atoms. The second kappa shape index (κ2) is 8.29. The molecule has 0 aliphatic carbocycles. The molecule has 1 atom stereocenters. The first kappa shape index (κ1) is 19.5. The Morgan fingerprint density at radius 3 is 2.93 bits per heavy atom. The van der Waals surface area contributed by atoms with Crippen molar-refractivity contribution >= 4 is 46.9 Å². The molecule has 2 aliphatic rings. The van der Waals surface area contributed by atoms with Crippen LogP contribution >= 0.6 is 23.6 Å². The number of aliphatic imine (C=N–C) groups is 2. The number of thiazole rings is 1. The Hall–Kier alpha value is -2.80. The molecular weight excluding hydrogens is 408 g/mol. The normalized spacial score (nSPS) is 21.4. The van der Waals surface area contributed by atoms with Gasteiger partial charge in [-0.1, -0.05) is 17.7 Å². The minimum absolute atomic E-state index is 0.0456. The predicted molar refractivity (Wildman–Crippen MR) is 114 cm³/mol. The lowest BCUT2D eigenvalue weighted by atomic mass is 10.2. The van der Waals surface area contributed by atoms with Gasteiger partial charge in [-0.25, -0.2) is 4.99 Å². The Morgan fingerprint density at radius 1 is 1.45 bits per heavy atom. The van der Waals surface area contributed by atoms with E-state index in [1.165, 1.54) is 11.3 Å². The molecule has 148 valence electrons. The highest BCUT2D eigenvalue weighted by atomic mass is 32.1. The number of hydrogen-bond donors (Lipinski definition) is 1. The van der Waals surface area contributed by atoms with Gasteiger partial charge in [0, 0.05) is 12.7 Å². The van der Waals surface area contributed by atoms with Crippen LogP contribution in [0.1, 0.15) is 23.3 Å². The van der Waals surface area contributed by atoms with E-state index in [4.69, 9.17) is 21.7 Å². The molecule has 0 saturated carbocycles. The molecule has 4 rings (SSSR count). The van der Waals surface area contributed by atoms with E-state index in [-0.39, 0.29) is 29.5 Å². The first-order chi connectivity index (χ1) is 14.0. The number of nitrogens with zero attached hydrogens (tertiary/aromatic N) is 4. The highest BCUT2D eigenvalue weighted by Gasteiger charge is 2.24. The van der Waals surface area contributed by atoms with Gasteiger partial charge < -0.3 is 14.6 Å². The third kappa shape index (κ3) is 4.29. The first-order valence-electron chi connectivity index (χ1n) is 9.12. The zero-order chi connectivity index (χ0) is 20.4. The summed E-state index contributed by atoms with van der Waals surface area (Å²) in [6.45, 7) is 3.23. The largest absolute Gasteiger partial charge is 0.493 e. The van der Waals surface area contributed by atoms with Crippen LogP contribution in [0.25, 0.3) is 6.08 Å². The summed E-state index contributed by atoms with van der Waals surface area (Å²) in [6, 6.07) is 9.52. The predicted octanol–water partition coefficient (Wildman–Crippen LogP) is 4.50. The number of aromatic hydroxyl groups is 1. The van der Waals surface area contributed by atoms with E-state index >= 15 is 0 Å². The smallest absolute Gasteiger partial charge is 0.258 e. The van der Waals surface area contributed by atoms with Gasteiger partial charge in [0.25, 0.3) is 5.90 Å². The van der Waals surface area contributed by atoms with Crippen molar-refractivity contribution < 1.29 is 14.6 Å². The topological polar surface area (TPSA) is 92.1 Å². The quantitative estimate of drug-likeness (QED) is 0.727. The van der Waals surface area contributed by atoms with Crippen LogP contribution in [-0.2, 0) is 16.0 Å². The lowest BCUT2D eigenvalue weighted by Crippen LogP contribution is -2.14. The van der Waals surface area contributed by atoms with Crippen LogP contribution in [-0.4, -0.2) is 34.0 Å². The molecule has 0 radical (unpaired) electrons. The molecule has 3 heterocycles. The average Bonchev–Trinajstić information content (AvgIpc) is 3.41. The summed E-state index contributed by atoms with van der Waals surface area (Å²) in [5, 5.41) is 19.9. The van der Waals surface area contributed by atoms with Crippen LogP contribution in [0.4, 0.5) is 5.69 Å². The van der Waals surface area contributed by atoms with Crippen LogP contribution < -0.4 is 0 Å². The number of benzene rings is 1. The summed E-state index contributed by atoms with van der Waals surface area (Å²) in [5.41, 5.74) is 1.86. The third-order valence-corrected chi connectivity index (χ3v) is 5.94. The van der Waals surface area contributed by atoms with Gasteiger partial charge in [0.2, 0.25) is 17.5 Å². The van der Waals surface area contributed by atoms with E-state index in [1.54, 1.807) is 10.6 Å². The maximum Gasteiger partial charge on any atom is 0.258 e. The van der Waals surface area contributed by atoms with Crippen LogP contribution in [0, 0.1) is 22.2 Å². The van der Waals surface area contributed by atoms with Crippen LogP contribution in [0.5, 0.6) is 5.88 Å². The monoisotopic (exact) mass is 426 g/mol. The molecule has 0 unspecified atom stereocenters. The number of hydrogen-bond acceptors (Lipinski definition) is 8. The fraction of sp³-hybridized carbons (Fsp3) is 0.300. The van der Waals surface area contributed by atoms with Gasteiger partial charge in [-0.2, -0.15) is 10.3 Å². The maximum atomic E-state index is 10.6. The molecule has 2 aliphatic heterocycles. The minimum atomic E-state index is 0.0456. The SMILES string of the molecule is Cc1ccc(N=C2OC(=Cc3sc(=S)n(C[C@@H]4CCCO4)c3O)N=C2C#N)cc1. The molecule has 7 nitrogen and oxygen atoms in total. The molecular formula is C20H18N4O3S2. The third-order valence-electron chi connectivity index (χ3n) is 4.55. The number of nitriles is 1. The van der Waals surface area contributed by atoms with Crippen molar-refractivity contribution in [2.45, 2.75) is 32.4 Å². The fourth-order valence-corrected chi connectivity index (χ4v) is 4.30. The van der Waals surface area contributed by atoms with Gasteiger partial charge >= 0.3 is 0 Å². The van der Waals surface area contributed by atoms with Crippen LogP contribution in [0.3, 0.4) is 0 Å². The lowest BCUT2D eigenvalue weighted by Gasteiger charge is -2.10. The van der Waals surface area contributed by atoms with Crippen molar-refractivity contribution in [1.29, 1.82) is 5.26 Å². The second-order valence-corrected chi connectivity index (χ2v) is 8.39. The molecule has 0 bridgehead atoms. The van der Waals surface area contributed by atoms with Crippen molar-refractivity contribution in [3.63, 3.8) is 0 Å². The van der Waals surface area contributed by atoms with Crippen LogP contribution in [0.15, 0.2) is 40.1 Å². The Labute approximate surface area is 176 Å². The Balaban J connectivity index is 1.59. The van der Waals surface area contributed by atoms with Gasteiger partial charge in [-0.15, -0.1) is 11.3 Å². The summed E-state index contributed by atoms with van der Waals surface area (Å²) < 4.78 is 13.5. The summed E-state index contributed by atoms with van der Waals surface area (Å²) in [4.78, 5) is 9.04. The van der Waals surface area contributed by atoms with E-state index in [0.717, 1.165) is 25.0 Å². The van der Waals surface area contributed by atoms with Gasteiger partial charge in [0.15, 0.2) is 3.95 Å². The number of aromatic nitrogens is 1. The van der Waals surface area contributed by atoms with E-state index < -0.39 is 0 Å². The molecule has 0 amide bonds. The van der Waals surface area contributed by atoms with Crippen molar-refractivity contribution in [2.24, 2.45) is 9.98 Å². The van der Waals surface area contributed by atoms with Crippen molar-refractivity contribution in [3.8, 4) is 11.9 Å². The molecule has 0 spiro atoms. The highest BCUT2D eigenvalue weighted by molar-refractivity contribution is 7.73. The summed E-state index contributed by atoms with van der Waals surface area (Å²) in [7, 11) is 0. The summed E-state index contributed by atoms with van der Waals surface area (Å²) >= 11 is 6.64. The number of aryl methyl sites for hydroxylation is 1. The molecule has 9 heteroatoms. The van der Waals surface area contributed by atoms with Gasteiger partial charge in [-0.05, 0) is 44.1 Å². The Bertz CT molecular complexity index is 1110. The van der Waals surface area contributed by atoms with Crippen molar-refractivity contribution in [1.82, 2.24) is 4.57 Å². The number of rotatable bonds is 4. The first-order valence-corrected chi connectivity index (χ1v) is 10.3. The van der Waals surface area contributed by atoms with Crippen molar-refractivity contribution in [2.75, 3.05) is 6.61 Å². The van der Waals surface area contributed by atoms with Crippen molar-refractivity contribution in [3.05, 3.63) is 44.5 Å². The maximum absolute atomic E-state index is 10.6. The minimum Gasteiger partial charge on any atom is -0.493 e. The molecule has 1 N–H and O–H groups in total. The molecule has 1 aromatic heterocycles. The Kier molecular flexibility index (Phi) is 5.58. The summed E-state index contributed by atoms with van der Waals surface area (Å²) in [6.07, 6.45) is 3.59. The highest BCUT2D eigenvalue weighted by Crippen LogP contribution is 2.31. The van der Waals surface area contributed by atoms with E-state index in [1.807, 2.05) is 37.3 Å². The summed E-state index contributed by atoms with van der Waals surface area (Å²) in [5.74, 6) is 0.358. The molecule has 2 aromatic rings. The zero-order valence-electron chi connectivity index (χ0n) is 15.7. The van der Waals surface area contributed by atoms with E-state index in [9.17, 15) is 10.4 Å². The van der Waals surface area contributed by atoms with Gasteiger partial charge in [0.1, 0.15) is 6.07 Å².